The Morgan fingerprint density at radius 3 is 2.02 bits per heavy atom. The number of carbonyl (C=O) groups excluding carboxylic acids is 2. The van der Waals surface area contributed by atoms with E-state index >= 15 is 0 Å². The number of aryl methyl sites for hydroxylation is 1. The van der Waals surface area contributed by atoms with Gasteiger partial charge in [-0.05, 0) is 62.2 Å². The van der Waals surface area contributed by atoms with E-state index in [4.69, 9.17) is 16.3 Å². The molecule has 4 aromatic rings. The monoisotopic (exact) mass is 647 g/mol. The van der Waals surface area contributed by atoms with Gasteiger partial charge in [0.25, 0.3) is 10.0 Å². The molecule has 0 aliphatic heterocycles. The zero-order valence-electron chi connectivity index (χ0n) is 25.8. The summed E-state index contributed by atoms with van der Waals surface area (Å²) in [5.74, 6) is -0.529. The highest BCUT2D eigenvalue weighted by molar-refractivity contribution is 7.92. The van der Waals surface area contributed by atoms with Crippen molar-refractivity contribution >= 4 is 39.1 Å². The van der Waals surface area contributed by atoms with Crippen molar-refractivity contribution in [2.24, 2.45) is 0 Å². The van der Waals surface area contributed by atoms with Gasteiger partial charge in [-0.2, -0.15) is 0 Å². The Bertz CT molecular complexity index is 1700. The number of benzene rings is 4. The van der Waals surface area contributed by atoms with E-state index in [1.807, 2.05) is 81.4 Å². The van der Waals surface area contributed by atoms with Crippen molar-refractivity contribution in [2.45, 2.75) is 50.7 Å². The fourth-order valence-corrected chi connectivity index (χ4v) is 6.55. The highest BCUT2D eigenvalue weighted by Crippen LogP contribution is 2.32. The van der Waals surface area contributed by atoms with Crippen molar-refractivity contribution in [3.8, 4) is 5.75 Å². The first-order valence-electron chi connectivity index (χ1n) is 14.6. The minimum Gasteiger partial charge on any atom is -0.495 e. The fourth-order valence-electron chi connectivity index (χ4n) is 4.89. The number of ether oxygens (including phenoxy) is 1. The van der Waals surface area contributed by atoms with Crippen LogP contribution in [0.3, 0.4) is 0 Å². The summed E-state index contributed by atoms with van der Waals surface area (Å²) in [7, 11) is -2.79. The summed E-state index contributed by atoms with van der Waals surface area (Å²) in [6, 6.07) is 28.6. The predicted octanol–water partition coefficient (Wildman–Crippen LogP) is 6.02. The number of hydrogen-bond donors (Lipinski definition) is 1. The lowest BCUT2D eigenvalue weighted by atomic mass is 10.0. The van der Waals surface area contributed by atoms with Crippen LogP contribution in [0.15, 0.2) is 108 Å². The normalized spacial score (nSPS) is 12.0. The third-order valence-electron chi connectivity index (χ3n) is 7.21. The topological polar surface area (TPSA) is 96.0 Å². The summed E-state index contributed by atoms with van der Waals surface area (Å²) in [5, 5.41) is 3.14. The first-order valence-corrected chi connectivity index (χ1v) is 16.4. The molecule has 0 aromatic heterocycles. The number of methoxy groups -OCH3 is 1. The van der Waals surface area contributed by atoms with Gasteiger partial charge < -0.3 is 15.0 Å². The lowest BCUT2D eigenvalue weighted by molar-refractivity contribution is -0.140. The molecule has 0 aliphatic rings. The van der Waals surface area contributed by atoms with Gasteiger partial charge >= 0.3 is 0 Å². The molecule has 0 heterocycles. The number of anilines is 1. The molecule has 0 spiro atoms. The smallest absolute Gasteiger partial charge is 0.264 e. The van der Waals surface area contributed by atoms with Crippen LogP contribution in [-0.4, -0.2) is 50.9 Å². The van der Waals surface area contributed by atoms with Crippen molar-refractivity contribution in [3.63, 3.8) is 0 Å². The van der Waals surface area contributed by atoms with E-state index in [1.54, 1.807) is 18.2 Å². The SMILES string of the molecule is COc1ccc(N(CC(=O)N(Cc2ccccc2)[C@@H](Cc2ccccc2)C(=O)NC(C)C)S(=O)(=O)c2ccc(C)cc2)cc1Cl. The number of sulfonamides is 1. The molecule has 0 unspecified atom stereocenters. The van der Waals surface area contributed by atoms with Crippen LogP contribution in [0.5, 0.6) is 5.75 Å². The molecule has 1 atom stereocenters. The summed E-state index contributed by atoms with van der Waals surface area (Å²) in [4.78, 5) is 29.7. The number of rotatable bonds is 13. The van der Waals surface area contributed by atoms with Crippen molar-refractivity contribution in [3.05, 3.63) is 125 Å². The maximum atomic E-state index is 14.5. The number of halogens is 1. The molecule has 4 rings (SSSR count). The first kappa shape index (κ1) is 33.6. The lowest BCUT2D eigenvalue weighted by Gasteiger charge is -2.34. The predicted molar refractivity (Wildman–Crippen MR) is 178 cm³/mol. The van der Waals surface area contributed by atoms with Gasteiger partial charge in [0.2, 0.25) is 11.8 Å². The molecular formula is C35H38ClN3O5S. The van der Waals surface area contributed by atoms with E-state index in [1.165, 1.54) is 36.3 Å². The van der Waals surface area contributed by atoms with Crippen LogP contribution in [-0.2, 0) is 32.6 Å². The van der Waals surface area contributed by atoms with Crippen LogP contribution in [0, 0.1) is 6.92 Å². The molecule has 236 valence electrons. The minimum absolute atomic E-state index is 0.0147. The van der Waals surface area contributed by atoms with Crippen LogP contribution >= 0.6 is 11.6 Å². The minimum atomic E-state index is -4.25. The zero-order valence-corrected chi connectivity index (χ0v) is 27.4. The van der Waals surface area contributed by atoms with Gasteiger partial charge in [0, 0.05) is 19.0 Å². The van der Waals surface area contributed by atoms with Crippen LogP contribution < -0.4 is 14.4 Å². The third-order valence-corrected chi connectivity index (χ3v) is 9.29. The average Bonchev–Trinajstić information content (AvgIpc) is 3.02. The second-order valence-corrected chi connectivity index (χ2v) is 13.3. The van der Waals surface area contributed by atoms with Gasteiger partial charge in [-0.15, -0.1) is 0 Å². The van der Waals surface area contributed by atoms with Gasteiger partial charge in [-0.1, -0.05) is 90.0 Å². The Balaban J connectivity index is 1.81. The second kappa shape index (κ2) is 15.1. The van der Waals surface area contributed by atoms with Crippen LogP contribution in [0.25, 0.3) is 0 Å². The molecule has 4 aromatic carbocycles. The summed E-state index contributed by atoms with van der Waals surface area (Å²) >= 11 is 6.43. The Morgan fingerprint density at radius 2 is 1.47 bits per heavy atom. The van der Waals surface area contributed by atoms with E-state index in [-0.39, 0.29) is 40.5 Å². The van der Waals surface area contributed by atoms with Gasteiger partial charge in [0.1, 0.15) is 18.3 Å². The van der Waals surface area contributed by atoms with E-state index < -0.39 is 28.5 Å². The molecule has 0 fully saturated rings. The maximum Gasteiger partial charge on any atom is 0.264 e. The Morgan fingerprint density at radius 1 is 0.867 bits per heavy atom. The second-order valence-electron chi connectivity index (χ2n) is 11.0. The Hall–Kier alpha value is -4.34. The summed E-state index contributed by atoms with van der Waals surface area (Å²) in [5.41, 5.74) is 2.72. The van der Waals surface area contributed by atoms with Gasteiger partial charge in [-0.3, -0.25) is 13.9 Å². The number of nitrogens with one attached hydrogen (secondary N) is 1. The highest BCUT2D eigenvalue weighted by atomic mass is 35.5. The molecule has 0 bridgehead atoms. The quantitative estimate of drug-likeness (QED) is 0.192. The first-order chi connectivity index (χ1) is 21.5. The summed E-state index contributed by atoms with van der Waals surface area (Å²) in [6.45, 7) is 5.07. The van der Waals surface area contributed by atoms with Crippen molar-refractivity contribution in [1.29, 1.82) is 0 Å². The number of hydrogen-bond acceptors (Lipinski definition) is 5. The molecule has 1 N–H and O–H groups in total. The fraction of sp³-hybridized carbons (Fsp3) is 0.257. The Labute approximate surface area is 270 Å². The standard InChI is InChI=1S/C35H38ClN3O5S/c1-25(2)37-35(41)32(21-27-11-7-5-8-12-27)38(23-28-13-9-6-10-14-28)34(40)24-39(29-17-20-33(44-4)31(36)22-29)45(42,43)30-18-15-26(3)16-19-30/h5-20,22,25,32H,21,23-24H2,1-4H3,(H,37,41)/t32-/m0/s1. The molecular weight excluding hydrogens is 610 g/mol. The van der Waals surface area contributed by atoms with Crippen LogP contribution in [0.2, 0.25) is 5.02 Å². The molecule has 0 radical (unpaired) electrons. The average molecular weight is 648 g/mol. The van der Waals surface area contributed by atoms with E-state index in [0.717, 1.165) is 21.0 Å². The van der Waals surface area contributed by atoms with Gasteiger partial charge in [0.05, 0.1) is 22.7 Å². The largest absolute Gasteiger partial charge is 0.495 e. The molecule has 2 amide bonds. The number of carbonyl (C=O) groups is 2. The highest BCUT2D eigenvalue weighted by Gasteiger charge is 2.35. The van der Waals surface area contributed by atoms with Crippen LogP contribution in [0.1, 0.15) is 30.5 Å². The molecule has 0 saturated carbocycles. The van der Waals surface area contributed by atoms with Crippen molar-refractivity contribution < 1.29 is 22.7 Å². The Kier molecular flexibility index (Phi) is 11.3. The molecule has 0 aliphatic carbocycles. The lowest BCUT2D eigenvalue weighted by Crippen LogP contribution is -2.54. The number of nitrogens with zero attached hydrogens (tertiary/aromatic N) is 2. The van der Waals surface area contributed by atoms with Gasteiger partial charge in [0.15, 0.2) is 0 Å². The maximum absolute atomic E-state index is 14.5. The molecule has 45 heavy (non-hydrogen) atoms. The number of amides is 2. The van der Waals surface area contributed by atoms with Crippen molar-refractivity contribution in [2.75, 3.05) is 18.0 Å². The molecule has 10 heteroatoms. The summed E-state index contributed by atoms with van der Waals surface area (Å²) < 4.78 is 34.6. The van der Waals surface area contributed by atoms with Crippen LogP contribution in [0.4, 0.5) is 5.69 Å². The van der Waals surface area contributed by atoms with Gasteiger partial charge in [-0.25, -0.2) is 8.42 Å². The van der Waals surface area contributed by atoms with E-state index in [2.05, 4.69) is 5.32 Å². The summed E-state index contributed by atoms with van der Waals surface area (Å²) in [6.07, 6.45) is 0.233. The van der Waals surface area contributed by atoms with E-state index in [0.29, 0.717) is 5.75 Å². The van der Waals surface area contributed by atoms with E-state index in [9.17, 15) is 18.0 Å². The molecule has 0 saturated heterocycles. The third kappa shape index (κ3) is 8.65. The zero-order chi connectivity index (χ0) is 32.6. The molecule has 8 nitrogen and oxygen atoms in total. The van der Waals surface area contributed by atoms with Crippen molar-refractivity contribution in [1.82, 2.24) is 10.2 Å².